The van der Waals surface area contributed by atoms with Crippen molar-refractivity contribution in [3.05, 3.63) is 54.0 Å². The molecule has 0 bridgehead atoms. The highest BCUT2D eigenvalue weighted by Crippen LogP contribution is 2.24. The van der Waals surface area contributed by atoms with E-state index in [2.05, 4.69) is 40.7 Å². The van der Waals surface area contributed by atoms with Gasteiger partial charge >= 0.3 is 0 Å². The predicted octanol–water partition coefficient (Wildman–Crippen LogP) is 3.64. The minimum absolute atomic E-state index is 0.115. The van der Waals surface area contributed by atoms with Gasteiger partial charge in [0.15, 0.2) is 5.76 Å². The molecule has 1 saturated heterocycles. The number of amides is 1. The van der Waals surface area contributed by atoms with Crippen LogP contribution in [0.2, 0.25) is 0 Å². The molecule has 5 heteroatoms. The number of carbonyl (C=O) groups is 1. The van der Waals surface area contributed by atoms with Crippen LogP contribution in [0.3, 0.4) is 0 Å². The fourth-order valence-corrected chi connectivity index (χ4v) is 3.76. The first-order chi connectivity index (χ1) is 11.8. The Hall–Kier alpha value is -1.72. The number of rotatable bonds is 6. The number of furan rings is 1. The molecule has 0 aliphatic carbocycles. The summed E-state index contributed by atoms with van der Waals surface area (Å²) in [7, 11) is 0. The zero-order valence-electron chi connectivity index (χ0n) is 14.0. The van der Waals surface area contributed by atoms with Gasteiger partial charge < -0.3 is 9.73 Å². The molecule has 0 saturated carbocycles. The zero-order chi connectivity index (χ0) is 16.8. The summed E-state index contributed by atoms with van der Waals surface area (Å²) >= 11 is 1.81. The maximum Gasteiger partial charge on any atom is 0.286 e. The molecule has 1 aliphatic rings. The monoisotopic (exact) mass is 344 g/mol. The van der Waals surface area contributed by atoms with Crippen LogP contribution in [0.25, 0.3) is 0 Å². The lowest BCUT2D eigenvalue weighted by molar-refractivity contribution is 0.0907. The maximum atomic E-state index is 11.9. The summed E-state index contributed by atoms with van der Waals surface area (Å²) in [6.45, 7) is 3.92. The molecule has 1 aliphatic heterocycles. The van der Waals surface area contributed by atoms with Crippen LogP contribution in [0.4, 0.5) is 0 Å². The van der Waals surface area contributed by atoms with Crippen molar-refractivity contribution in [2.45, 2.75) is 24.3 Å². The Morgan fingerprint density at radius 1 is 1.25 bits per heavy atom. The fraction of sp³-hybridized carbons (Fsp3) is 0.421. The van der Waals surface area contributed by atoms with E-state index in [1.807, 2.05) is 11.8 Å². The first kappa shape index (κ1) is 17.1. The first-order valence-electron chi connectivity index (χ1n) is 8.42. The average molecular weight is 344 g/mol. The van der Waals surface area contributed by atoms with Crippen molar-refractivity contribution in [3.63, 3.8) is 0 Å². The molecular formula is C19H24N2O2S. The molecule has 1 amide bonds. The molecule has 24 heavy (non-hydrogen) atoms. The van der Waals surface area contributed by atoms with Gasteiger partial charge in [0.25, 0.3) is 5.91 Å². The third-order valence-electron chi connectivity index (χ3n) is 4.59. The maximum absolute atomic E-state index is 11.9. The van der Waals surface area contributed by atoms with Crippen molar-refractivity contribution < 1.29 is 9.21 Å². The topological polar surface area (TPSA) is 45.5 Å². The number of nitrogens with one attached hydrogen (secondary N) is 1. The second kappa shape index (κ2) is 8.40. The van der Waals surface area contributed by atoms with Crippen LogP contribution in [0.1, 0.15) is 29.0 Å². The van der Waals surface area contributed by atoms with Gasteiger partial charge in [0.05, 0.1) is 6.26 Å². The highest BCUT2D eigenvalue weighted by molar-refractivity contribution is 7.98. The molecule has 4 nitrogen and oxygen atoms in total. The van der Waals surface area contributed by atoms with E-state index >= 15 is 0 Å². The summed E-state index contributed by atoms with van der Waals surface area (Å²) < 4.78 is 5.12. The lowest BCUT2D eigenvalue weighted by Gasteiger charge is -2.32. The standard InChI is InChI=1S/C19H24N2O2S/c1-24-18-7-3-2-5-16(18)14-21-10-8-15(9-11-21)13-20-19(22)17-6-4-12-23-17/h2-7,12,15H,8-11,13-14H2,1H3,(H,20,22). The van der Waals surface area contributed by atoms with Gasteiger partial charge in [-0.15, -0.1) is 11.8 Å². The number of piperidine rings is 1. The average Bonchev–Trinajstić information content (AvgIpc) is 3.16. The van der Waals surface area contributed by atoms with Crippen LogP contribution < -0.4 is 5.32 Å². The van der Waals surface area contributed by atoms with Crippen LogP contribution in [0.15, 0.2) is 52.0 Å². The predicted molar refractivity (Wildman–Crippen MR) is 97.3 cm³/mol. The Balaban J connectivity index is 1.43. The Labute approximate surface area is 147 Å². The summed E-state index contributed by atoms with van der Waals surface area (Å²) in [6, 6.07) is 12.1. The highest BCUT2D eigenvalue weighted by atomic mass is 32.2. The van der Waals surface area contributed by atoms with E-state index in [0.717, 1.165) is 39.0 Å². The summed E-state index contributed by atoms with van der Waals surface area (Å²) in [4.78, 5) is 15.8. The number of nitrogens with zero attached hydrogens (tertiary/aromatic N) is 1. The lowest BCUT2D eigenvalue weighted by atomic mass is 9.96. The Morgan fingerprint density at radius 3 is 2.75 bits per heavy atom. The number of thioether (sulfide) groups is 1. The van der Waals surface area contributed by atoms with Crippen molar-refractivity contribution in [1.82, 2.24) is 10.2 Å². The first-order valence-corrected chi connectivity index (χ1v) is 9.64. The van der Waals surface area contributed by atoms with Crippen LogP contribution in [0, 0.1) is 5.92 Å². The SMILES string of the molecule is CSc1ccccc1CN1CCC(CNC(=O)c2ccco2)CC1. The van der Waals surface area contributed by atoms with E-state index in [4.69, 9.17) is 4.42 Å². The molecule has 3 rings (SSSR count). The van der Waals surface area contributed by atoms with Crippen LogP contribution in [0.5, 0.6) is 0 Å². The van der Waals surface area contributed by atoms with Crippen molar-refractivity contribution >= 4 is 17.7 Å². The highest BCUT2D eigenvalue weighted by Gasteiger charge is 2.21. The molecule has 1 aromatic heterocycles. The summed E-state index contributed by atoms with van der Waals surface area (Å²) in [5, 5.41) is 2.98. The Morgan fingerprint density at radius 2 is 2.04 bits per heavy atom. The van der Waals surface area contributed by atoms with E-state index in [1.54, 1.807) is 12.1 Å². The van der Waals surface area contributed by atoms with Crippen molar-refractivity contribution in [3.8, 4) is 0 Å². The lowest BCUT2D eigenvalue weighted by Crippen LogP contribution is -2.38. The summed E-state index contributed by atoms with van der Waals surface area (Å²) in [5.41, 5.74) is 1.41. The fourth-order valence-electron chi connectivity index (χ4n) is 3.16. The quantitative estimate of drug-likeness (QED) is 0.813. The number of likely N-dealkylation sites (tertiary alicyclic amines) is 1. The van der Waals surface area contributed by atoms with Crippen molar-refractivity contribution in [2.75, 3.05) is 25.9 Å². The third kappa shape index (κ3) is 4.42. The van der Waals surface area contributed by atoms with Gasteiger partial charge in [-0.3, -0.25) is 9.69 Å². The largest absolute Gasteiger partial charge is 0.459 e. The smallest absolute Gasteiger partial charge is 0.286 e. The van der Waals surface area contributed by atoms with Crippen molar-refractivity contribution in [1.29, 1.82) is 0 Å². The molecule has 0 atom stereocenters. The van der Waals surface area contributed by atoms with Gasteiger partial charge in [0.2, 0.25) is 0 Å². The summed E-state index contributed by atoms with van der Waals surface area (Å²) in [5.74, 6) is 0.827. The van der Waals surface area contributed by atoms with Gasteiger partial charge in [-0.25, -0.2) is 0 Å². The Bertz CT molecular complexity index is 649. The van der Waals surface area contributed by atoms with Gasteiger partial charge in [-0.05, 0) is 61.9 Å². The molecule has 1 fully saturated rings. The minimum atomic E-state index is -0.115. The summed E-state index contributed by atoms with van der Waals surface area (Å²) in [6.07, 6.45) is 5.91. The Kier molecular flexibility index (Phi) is 5.99. The van der Waals surface area contributed by atoms with Gasteiger partial charge in [0, 0.05) is 18.0 Å². The van der Waals surface area contributed by atoms with Crippen LogP contribution >= 0.6 is 11.8 Å². The number of hydrogen-bond acceptors (Lipinski definition) is 4. The van der Waals surface area contributed by atoms with Crippen molar-refractivity contribution in [2.24, 2.45) is 5.92 Å². The number of benzene rings is 1. The van der Waals surface area contributed by atoms with E-state index < -0.39 is 0 Å². The molecule has 0 radical (unpaired) electrons. The molecule has 128 valence electrons. The molecule has 0 spiro atoms. The molecule has 0 unspecified atom stereocenters. The van der Waals surface area contributed by atoms with Gasteiger partial charge in [-0.1, -0.05) is 18.2 Å². The van der Waals surface area contributed by atoms with Crippen LogP contribution in [-0.2, 0) is 6.54 Å². The minimum Gasteiger partial charge on any atom is -0.459 e. The van der Waals surface area contributed by atoms with Crippen LogP contribution in [-0.4, -0.2) is 36.7 Å². The van der Waals surface area contributed by atoms with Gasteiger partial charge in [0.1, 0.15) is 0 Å². The number of hydrogen-bond donors (Lipinski definition) is 1. The van der Waals surface area contributed by atoms with Gasteiger partial charge in [-0.2, -0.15) is 0 Å². The molecular weight excluding hydrogens is 320 g/mol. The van der Waals surface area contributed by atoms with E-state index in [0.29, 0.717) is 11.7 Å². The van der Waals surface area contributed by atoms with E-state index in [1.165, 1.54) is 16.7 Å². The van der Waals surface area contributed by atoms with E-state index in [-0.39, 0.29) is 5.91 Å². The number of carbonyl (C=O) groups excluding carboxylic acids is 1. The van der Waals surface area contributed by atoms with E-state index in [9.17, 15) is 4.79 Å². The molecule has 2 heterocycles. The third-order valence-corrected chi connectivity index (χ3v) is 5.43. The normalized spacial score (nSPS) is 16.2. The molecule has 1 N–H and O–H groups in total. The second-order valence-corrected chi connectivity index (χ2v) is 7.07. The zero-order valence-corrected chi connectivity index (χ0v) is 14.8. The molecule has 2 aromatic rings. The molecule has 1 aromatic carbocycles. The second-order valence-electron chi connectivity index (χ2n) is 6.22.